The Hall–Kier alpha value is -3.25. The topological polar surface area (TPSA) is 185 Å². The normalized spacial score (nSPS) is 29.8. The van der Waals surface area contributed by atoms with Crippen LogP contribution in [0.2, 0.25) is 0 Å². The summed E-state index contributed by atoms with van der Waals surface area (Å²) in [6.45, 7) is 2.35. The summed E-state index contributed by atoms with van der Waals surface area (Å²) in [4.78, 5) is 40.7. The summed E-state index contributed by atoms with van der Waals surface area (Å²) in [5.74, 6) is -6.45. The van der Waals surface area contributed by atoms with Gasteiger partial charge in [0.15, 0.2) is 11.4 Å². The number of primary amides is 1. The number of amides is 1. The third-order valence-electron chi connectivity index (χ3n) is 8.62. The molecule has 0 spiro atoms. The van der Waals surface area contributed by atoms with Crippen LogP contribution in [0, 0.1) is 11.8 Å². The van der Waals surface area contributed by atoms with E-state index in [1.165, 1.54) is 11.0 Å². The van der Waals surface area contributed by atoms with Crippen LogP contribution in [0.3, 0.4) is 0 Å². The molecule has 204 valence electrons. The van der Waals surface area contributed by atoms with Gasteiger partial charge in [0.05, 0.1) is 11.6 Å². The lowest BCUT2D eigenvalue weighted by atomic mass is 9.58. The van der Waals surface area contributed by atoms with Crippen LogP contribution in [0.25, 0.3) is 0 Å². The first-order valence-electron chi connectivity index (χ1n) is 12.9. The van der Waals surface area contributed by atoms with Gasteiger partial charge in [-0.15, -0.1) is 0 Å². The van der Waals surface area contributed by atoms with E-state index < -0.39 is 58.0 Å². The summed E-state index contributed by atoms with van der Waals surface area (Å²) >= 11 is 0. The number of aliphatic hydroxyl groups is 3. The Labute approximate surface area is 220 Å². The lowest BCUT2D eigenvalue weighted by Crippen LogP contribution is -2.63. The van der Waals surface area contributed by atoms with Crippen LogP contribution in [0.4, 0.5) is 0 Å². The number of phenolic OH excluding ortho intramolecular Hbond substituents is 1. The number of ketones is 2. The summed E-state index contributed by atoms with van der Waals surface area (Å²) in [5, 5.41) is 51.4. The van der Waals surface area contributed by atoms with Gasteiger partial charge in [-0.05, 0) is 76.0 Å². The number of nitrogens with one attached hydrogen (secondary N) is 2. The van der Waals surface area contributed by atoms with Crippen molar-refractivity contribution < 1.29 is 34.8 Å². The van der Waals surface area contributed by atoms with Gasteiger partial charge < -0.3 is 36.8 Å². The van der Waals surface area contributed by atoms with E-state index in [1.807, 2.05) is 0 Å². The SMILES string of the molecule is CN(C)[C@@H]1C(O)=C(C(N)=O)C(=O)[C@@]2(O)C(O)=C3C(=O)c4c(O)ccc(CNC5CCNCC5)c4C[C@H]3C[C@@H]12. The highest BCUT2D eigenvalue weighted by molar-refractivity contribution is 6.24. The molecule has 1 saturated heterocycles. The summed E-state index contributed by atoms with van der Waals surface area (Å²) in [7, 11) is 3.21. The van der Waals surface area contributed by atoms with E-state index in [4.69, 9.17) is 5.73 Å². The second kappa shape index (κ2) is 9.49. The lowest BCUT2D eigenvalue weighted by Gasteiger charge is -2.50. The van der Waals surface area contributed by atoms with E-state index in [1.54, 1.807) is 20.2 Å². The fourth-order valence-electron chi connectivity index (χ4n) is 6.76. The molecule has 1 amide bonds. The van der Waals surface area contributed by atoms with Gasteiger partial charge in [0.25, 0.3) is 5.91 Å². The van der Waals surface area contributed by atoms with Gasteiger partial charge in [0.1, 0.15) is 22.8 Å². The first kappa shape index (κ1) is 26.4. The van der Waals surface area contributed by atoms with E-state index in [-0.39, 0.29) is 29.7 Å². The summed E-state index contributed by atoms with van der Waals surface area (Å²) in [6, 6.07) is 2.54. The first-order chi connectivity index (χ1) is 18.0. The van der Waals surface area contributed by atoms with Crippen molar-refractivity contribution in [1.82, 2.24) is 15.5 Å². The summed E-state index contributed by atoms with van der Waals surface area (Å²) < 4.78 is 0. The van der Waals surface area contributed by atoms with Crippen LogP contribution in [-0.4, -0.2) is 87.7 Å². The van der Waals surface area contributed by atoms with Crippen LogP contribution in [-0.2, 0) is 22.6 Å². The monoisotopic (exact) mass is 526 g/mol. The molecule has 0 saturated carbocycles. The van der Waals surface area contributed by atoms with Gasteiger partial charge in [-0.2, -0.15) is 0 Å². The number of likely N-dealkylation sites (N-methyl/N-ethyl adjacent to an activating group) is 1. The Bertz CT molecular complexity index is 1280. The van der Waals surface area contributed by atoms with E-state index in [0.29, 0.717) is 18.2 Å². The average Bonchev–Trinajstić information content (AvgIpc) is 2.86. The third kappa shape index (κ3) is 3.84. The highest BCUT2D eigenvalue weighted by atomic mass is 16.3. The van der Waals surface area contributed by atoms with Gasteiger partial charge >= 0.3 is 0 Å². The number of rotatable bonds is 5. The maximum absolute atomic E-state index is 13.8. The third-order valence-corrected chi connectivity index (χ3v) is 8.62. The highest BCUT2D eigenvalue weighted by Gasteiger charge is 2.63. The number of allylic oxidation sites excluding steroid dienone is 1. The zero-order valence-corrected chi connectivity index (χ0v) is 21.5. The van der Waals surface area contributed by atoms with Gasteiger partial charge in [0, 0.05) is 24.1 Å². The Morgan fingerprint density at radius 2 is 1.87 bits per heavy atom. The largest absolute Gasteiger partial charge is 0.510 e. The number of phenols is 1. The van der Waals surface area contributed by atoms with E-state index in [9.17, 15) is 34.8 Å². The Balaban J connectivity index is 1.58. The van der Waals surface area contributed by atoms with Crippen molar-refractivity contribution in [3.05, 3.63) is 51.5 Å². The number of carbonyl (C=O) groups is 3. The van der Waals surface area contributed by atoms with Crippen LogP contribution >= 0.6 is 0 Å². The van der Waals surface area contributed by atoms with E-state index in [2.05, 4.69) is 10.6 Å². The van der Waals surface area contributed by atoms with E-state index >= 15 is 0 Å². The van der Waals surface area contributed by atoms with Gasteiger partial charge in [0.2, 0.25) is 5.78 Å². The molecule has 38 heavy (non-hydrogen) atoms. The molecular formula is C27H34N4O7. The first-order valence-corrected chi connectivity index (χ1v) is 12.9. The number of piperidine rings is 1. The van der Waals surface area contributed by atoms with Crippen LogP contribution in [0.1, 0.15) is 40.7 Å². The number of nitrogens with two attached hydrogens (primary N) is 1. The summed E-state index contributed by atoms with van der Waals surface area (Å²) in [6.07, 6.45) is 2.31. The standard InChI is InChI=1S/C27H34N4O7/c1-31(2)21-16-10-13-9-15-12(11-30-14-5-7-29-8-6-14)3-4-17(32)19(15)22(33)18(13)24(35)27(16,38)25(36)20(23(21)34)26(28)37/h3-4,13-14,16,21,29-30,32,34-35,38H,5-11H2,1-2H3,(H2,28,37)/t13-,16-,21-,27-/m0/s1. The maximum Gasteiger partial charge on any atom is 0.255 e. The number of hydrogen-bond acceptors (Lipinski definition) is 10. The maximum atomic E-state index is 13.8. The molecule has 8 N–H and O–H groups in total. The van der Waals surface area contributed by atoms with Crippen LogP contribution in [0.5, 0.6) is 5.75 Å². The minimum absolute atomic E-state index is 0.0374. The minimum atomic E-state index is -2.63. The molecule has 0 bridgehead atoms. The molecule has 4 aliphatic rings. The number of carbonyl (C=O) groups excluding carboxylic acids is 3. The molecule has 3 aliphatic carbocycles. The van der Waals surface area contributed by atoms with Crippen LogP contribution < -0.4 is 16.4 Å². The fourth-order valence-corrected chi connectivity index (χ4v) is 6.76. The molecule has 11 heteroatoms. The fraction of sp³-hybridized carbons (Fsp3) is 0.519. The van der Waals surface area contributed by atoms with Crippen LogP contribution in [0.15, 0.2) is 34.8 Å². The zero-order valence-electron chi connectivity index (χ0n) is 21.5. The molecule has 11 nitrogen and oxygen atoms in total. The predicted octanol–water partition coefficient (Wildman–Crippen LogP) is -0.0378. The zero-order chi connectivity index (χ0) is 27.5. The van der Waals surface area contributed by atoms with E-state index in [0.717, 1.165) is 31.5 Å². The van der Waals surface area contributed by atoms with Crippen molar-refractivity contribution in [2.24, 2.45) is 17.6 Å². The number of aliphatic hydroxyl groups excluding tert-OH is 2. The second-order valence-corrected chi connectivity index (χ2v) is 11.0. The quantitative estimate of drug-likeness (QED) is 0.257. The van der Waals surface area contributed by atoms with Crippen molar-refractivity contribution in [3.8, 4) is 5.75 Å². The molecule has 1 heterocycles. The Morgan fingerprint density at radius 3 is 2.50 bits per heavy atom. The molecule has 1 fully saturated rings. The second-order valence-electron chi connectivity index (χ2n) is 11.0. The number of nitrogens with zero attached hydrogens (tertiary/aromatic N) is 1. The molecule has 5 rings (SSSR count). The Morgan fingerprint density at radius 1 is 1.18 bits per heavy atom. The number of aromatic hydroxyl groups is 1. The predicted molar refractivity (Wildman–Crippen MR) is 136 cm³/mol. The van der Waals surface area contributed by atoms with Crippen molar-refractivity contribution >= 4 is 17.5 Å². The van der Waals surface area contributed by atoms with Gasteiger partial charge in [-0.3, -0.25) is 19.3 Å². The lowest BCUT2D eigenvalue weighted by molar-refractivity contribution is -0.148. The van der Waals surface area contributed by atoms with Crippen molar-refractivity contribution in [2.75, 3.05) is 27.2 Å². The molecule has 1 aliphatic heterocycles. The smallest absolute Gasteiger partial charge is 0.255 e. The molecule has 0 unspecified atom stereocenters. The highest BCUT2D eigenvalue weighted by Crippen LogP contribution is 2.52. The molecule has 4 atom stereocenters. The molecular weight excluding hydrogens is 492 g/mol. The average molecular weight is 527 g/mol. The van der Waals surface area contributed by atoms with Crippen molar-refractivity contribution in [2.45, 2.75) is 49.9 Å². The number of fused-ring (bicyclic) bond motifs is 3. The van der Waals surface area contributed by atoms with Gasteiger partial charge in [-0.25, -0.2) is 0 Å². The molecule has 1 aromatic rings. The number of benzene rings is 1. The number of Topliss-reactive ketones (excluding diaryl/α,β-unsaturated/α-hetero) is 2. The van der Waals surface area contributed by atoms with Crippen molar-refractivity contribution in [3.63, 3.8) is 0 Å². The van der Waals surface area contributed by atoms with Crippen molar-refractivity contribution in [1.29, 1.82) is 0 Å². The Kier molecular flexibility index (Phi) is 6.59. The molecule has 1 aromatic carbocycles. The van der Waals surface area contributed by atoms with Gasteiger partial charge in [-0.1, -0.05) is 6.07 Å². The summed E-state index contributed by atoms with van der Waals surface area (Å²) in [5.41, 5.74) is 3.32. The minimum Gasteiger partial charge on any atom is -0.510 e. The molecule has 0 radical (unpaired) electrons. The number of hydrogen-bond donors (Lipinski definition) is 7. The molecule has 0 aromatic heterocycles.